The lowest BCUT2D eigenvalue weighted by atomic mass is 10.1. The maximum Gasteiger partial charge on any atom is 0.416 e. The van der Waals surface area contributed by atoms with Crippen LogP contribution in [0.15, 0.2) is 58.8 Å². The molecule has 0 aliphatic heterocycles. The number of hydrogen-bond acceptors (Lipinski definition) is 4. The molecular formula is C16H11ClF3N3O2. The van der Waals surface area contributed by atoms with Crippen molar-refractivity contribution in [2.45, 2.75) is 6.18 Å². The number of nitrogens with zero attached hydrogens (tertiary/aromatic N) is 2. The molecule has 9 heteroatoms. The highest BCUT2D eigenvalue weighted by Crippen LogP contribution is 2.29. The Kier molecular flexibility index (Phi) is 5.76. The van der Waals surface area contributed by atoms with Gasteiger partial charge in [0.1, 0.15) is 5.71 Å². The summed E-state index contributed by atoms with van der Waals surface area (Å²) in [5.74, 6) is -0.627. The summed E-state index contributed by atoms with van der Waals surface area (Å²) in [6.07, 6.45) is -3.73. The minimum atomic E-state index is -4.54. The summed E-state index contributed by atoms with van der Waals surface area (Å²) >= 11 is 5.78. The standard InChI is InChI=1S/C16H11ClF3N3O2/c17-13-6-2-4-11(8-13)15(24)23-22-14(9-21-25)10-3-1-5-12(7-10)16(18,19)20/h1-9,25H,(H,23,24)/b21-9+,22-14+. The van der Waals surface area contributed by atoms with E-state index >= 15 is 0 Å². The normalized spacial score (nSPS) is 12.4. The van der Waals surface area contributed by atoms with Crippen LogP contribution >= 0.6 is 11.6 Å². The van der Waals surface area contributed by atoms with Crippen molar-refractivity contribution < 1.29 is 23.2 Å². The molecule has 0 radical (unpaired) electrons. The highest BCUT2D eigenvalue weighted by atomic mass is 35.5. The molecule has 0 fully saturated rings. The van der Waals surface area contributed by atoms with Gasteiger partial charge in [0.25, 0.3) is 5.91 Å². The van der Waals surface area contributed by atoms with E-state index in [-0.39, 0.29) is 16.8 Å². The van der Waals surface area contributed by atoms with Crippen LogP contribution in [0.2, 0.25) is 5.02 Å². The Morgan fingerprint density at radius 1 is 1.12 bits per heavy atom. The minimum absolute atomic E-state index is 0.0130. The third-order valence-corrected chi connectivity index (χ3v) is 3.27. The van der Waals surface area contributed by atoms with Crippen molar-refractivity contribution in [3.8, 4) is 0 Å². The Balaban J connectivity index is 2.29. The van der Waals surface area contributed by atoms with E-state index < -0.39 is 17.6 Å². The second-order valence-corrected chi connectivity index (χ2v) is 5.21. The van der Waals surface area contributed by atoms with Crippen molar-refractivity contribution in [2.75, 3.05) is 0 Å². The maximum absolute atomic E-state index is 12.8. The van der Waals surface area contributed by atoms with Crippen LogP contribution < -0.4 is 5.43 Å². The van der Waals surface area contributed by atoms with Crippen molar-refractivity contribution in [3.05, 3.63) is 70.2 Å². The summed E-state index contributed by atoms with van der Waals surface area (Å²) in [6.45, 7) is 0. The van der Waals surface area contributed by atoms with Gasteiger partial charge in [-0.3, -0.25) is 4.79 Å². The van der Waals surface area contributed by atoms with Gasteiger partial charge in [-0.25, -0.2) is 5.43 Å². The Morgan fingerprint density at radius 3 is 2.44 bits per heavy atom. The molecule has 0 bridgehead atoms. The fraction of sp³-hybridized carbons (Fsp3) is 0.0625. The number of hydrogen-bond donors (Lipinski definition) is 2. The molecule has 25 heavy (non-hydrogen) atoms. The second kappa shape index (κ2) is 7.80. The van der Waals surface area contributed by atoms with Gasteiger partial charge in [-0.05, 0) is 30.3 Å². The smallest absolute Gasteiger partial charge is 0.411 e. The van der Waals surface area contributed by atoms with Gasteiger partial charge in [0.15, 0.2) is 0 Å². The van der Waals surface area contributed by atoms with Gasteiger partial charge in [0.05, 0.1) is 11.8 Å². The molecule has 0 aliphatic carbocycles. The number of halogens is 4. The molecule has 0 unspecified atom stereocenters. The quantitative estimate of drug-likeness (QED) is 0.486. The van der Waals surface area contributed by atoms with Gasteiger partial charge >= 0.3 is 6.18 Å². The summed E-state index contributed by atoms with van der Waals surface area (Å²) in [5, 5.41) is 15.5. The van der Waals surface area contributed by atoms with Gasteiger partial charge in [0.2, 0.25) is 0 Å². The van der Waals surface area contributed by atoms with Gasteiger partial charge in [0, 0.05) is 16.1 Å². The number of amides is 1. The van der Waals surface area contributed by atoms with Crippen molar-refractivity contribution in [1.29, 1.82) is 0 Å². The summed E-state index contributed by atoms with van der Waals surface area (Å²) in [7, 11) is 0. The van der Waals surface area contributed by atoms with E-state index in [1.807, 2.05) is 0 Å². The van der Waals surface area contributed by atoms with Crippen LogP contribution in [-0.2, 0) is 6.18 Å². The lowest BCUT2D eigenvalue weighted by Gasteiger charge is -2.08. The largest absolute Gasteiger partial charge is 0.416 e. The van der Waals surface area contributed by atoms with E-state index in [4.69, 9.17) is 16.8 Å². The predicted molar refractivity (Wildman–Crippen MR) is 87.2 cm³/mol. The van der Waals surface area contributed by atoms with Crippen LogP contribution in [0.3, 0.4) is 0 Å². The van der Waals surface area contributed by atoms with E-state index in [1.54, 1.807) is 12.1 Å². The van der Waals surface area contributed by atoms with Crippen LogP contribution in [0.4, 0.5) is 13.2 Å². The van der Waals surface area contributed by atoms with E-state index in [2.05, 4.69) is 15.7 Å². The first-order valence-electron chi connectivity index (χ1n) is 6.80. The molecule has 5 nitrogen and oxygen atoms in total. The summed E-state index contributed by atoms with van der Waals surface area (Å²) < 4.78 is 38.4. The number of carbonyl (C=O) groups excluding carboxylic acids is 1. The molecule has 1 amide bonds. The number of nitrogens with one attached hydrogen (secondary N) is 1. The Hall–Kier alpha value is -2.87. The van der Waals surface area contributed by atoms with E-state index in [1.165, 1.54) is 24.3 Å². The molecule has 0 heterocycles. The van der Waals surface area contributed by atoms with Crippen molar-refractivity contribution in [2.24, 2.45) is 10.3 Å². The zero-order valence-corrected chi connectivity index (χ0v) is 13.2. The number of rotatable bonds is 4. The SMILES string of the molecule is O=C(N/N=C(\C=N\O)c1cccc(C(F)(F)F)c1)c1cccc(Cl)c1. The van der Waals surface area contributed by atoms with Crippen LogP contribution in [0.25, 0.3) is 0 Å². The molecule has 0 aromatic heterocycles. The van der Waals surface area contributed by atoms with Crippen molar-refractivity contribution >= 4 is 29.4 Å². The number of benzene rings is 2. The Bertz CT molecular complexity index is 835. The van der Waals surface area contributed by atoms with E-state index in [0.29, 0.717) is 5.02 Å². The fourth-order valence-electron chi connectivity index (χ4n) is 1.88. The molecular weight excluding hydrogens is 359 g/mol. The zero-order chi connectivity index (χ0) is 18.4. The third-order valence-electron chi connectivity index (χ3n) is 3.03. The number of alkyl halides is 3. The van der Waals surface area contributed by atoms with Crippen molar-refractivity contribution in [1.82, 2.24) is 5.43 Å². The maximum atomic E-state index is 12.8. The van der Waals surface area contributed by atoms with Crippen LogP contribution in [-0.4, -0.2) is 23.0 Å². The first-order valence-corrected chi connectivity index (χ1v) is 7.17. The van der Waals surface area contributed by atoms with Gasteiger partial charge in [-0.2, -0.15) is 18.3 Å². The van der Waals surface area contributed by atoms with Crippen LogP contribution in [0.5, 0.6) is 0 Å². The highest BCUT2D eigenvalue weighted by molar-refractivity contribution is 6.38. The third kappa shape index (κ3) is 5.05. The monoisotopic (exact) mass is 369 g/mol. The van der Waals surface area contributed by atoms with Gasteiger partial charge in [-0.1, -0.05) is 35.0 Å². The number of oxime groups is 1. The lowest BCUT2D eigenvalue weighted by molar-refractivity contribution is -0.137. The first kappa shape index (κ1) is 18.5. The van der Waals surface area contributed by atoms with Crippen LogP contribution in [0, 0.1) is 0 Å². The van der Waals surface area contributed by atoms with Gasteiger partial charge < -0.3 is 5.21 Å². The molecule has 0 saturated heterocycles. The molecule has 0 spiro atoms. The molecule has 0 aliphatic rings. The molecule has 0 saturated carbocycles. The number of hydrazone groups is 1. The molecule has 2 aromatic carbocycles. The highest BCUT2D eigenvalue weighted by Gasteiger charge is 2.30. The summed E-state index contributed by atoms with van der Waals surface area (Å²) in [6, 6.07) is 10.3. The average molecular weight is 370 g/mol. The number of carbonyl (C=O) groups is 1. The van der Waals surface area contributed by atoms with Crippen LogP contribution in [0.1, 0.15) is 21.5 Å². The summed E-state index contributed by atoms with van der Waals surface area (Å²) in [5.41, 5.74) is 1.34. The zero-order valence-electron chi connectivity index (χ0n) is 12.5. The van der Waals surface area contributed by atoms with E-state index in [9.17, 15) is 18.0 Å². The van der Waals surface area contributed by atoms with Gasteiger partial charge in [-0.15, -0.1) is 0 Å². The average Bonchev–Trinajstić information content (AvgIpc) is 2.57. The molecule has 2 N–H and O–H groups in total. The minimum Gasteiger partial charge on any atom is -0.411 e. The molecule has 2 rings (SSSR count). The second-order valence-electron chi connectivity index (χ2n) is 4.77. The Morgan fingerprint density at radius 2 is 1.80 bits per heavy atom. The van der Waals surface area contributed by atoms with Crippen molar-refractivity contribution in [3.63, 3.8) is 0 Å². The first-order chi connectivity index (χ1) is 11.8. The predicted octanol–water partition coefficient (Wildman–Crippen LogP) is 3.95. The Labute approximate surface area is 145 Å². The topological polar surface area (TPSA) is 74.0 Å². The molecule has 0 atom stereocenters. The van der Waals surface area contributed by atoms with E-state index in [0.717, 1.165) is 18.3 Å². The molecule has 2 aromatic rings. The summed E-state index contributed by atoms with van der Waals surface area (Å²) in [4.78, 5) is 12.0. The lowest BCUT2D eigenvalue weighted by Crippen LogP contribution is -2.21. The molecule has 130 valence electrons. The fourth-order valence-corrected chi connectivity index (χ4v) is 2.07.